The van der Waals surface area contributed by atoms with E-state index in [1.165, 1.54) is 0 Å². The van der Waals surface area contributed by atoms with Crippen LogP contribution in [0.4, 0.5) is 0 Å². The molecule has 0 spiro atoms. The fraction of sp³-hybridized carbons (Fsp3) is 0.400. The van der Waals surface area contributed by atoms with E-state index in [0.29, 0.717) is 18.5 Å². The molecule has 0 aliphatic rings. The SMILES string of the molecule is CCOP(=O)(OCC)c1cc[c-]cc1.[Zn]. The van der Waals surface area contributed by atoms with E-state index in [0.717, 1.165) is 0 Å². The molecule has 0 saturated carbocycles. The number of benzene rings is 1. The Morgan fingerprint density at radius 3 is 2.07 bits per heavy atom. The van der Waals surface area contributed by atoms with E-state index in [2.05, 4.69) is 6.07 Å². The molecule has 3 nitrogen and oxygen atoms in total. The first kappa shape index (κ1) is 15.0. The summed E-state index contributed by atoms with van der Waals surface area (Å²) in [6.45, 7) is 4.33. The fourth-order valence-corrected chi connectivity index (χ4v) is 2.65. The number of rotatable bonds is 5. The average molecular weight is 279 g/mol. The first-order chi connectivity index (χ1) is 6.73. The Kier molecular flexibility index (Phi) is 7.29. The molecule has 0 heterocycles. The van der Waals surface area contributed by atoms with Gasteiger partial charge < -0.3 is 9.05 Å². The van der Waals surface area contributed by atoms with Crippen molar-refractivity contribution in [3.63, 3.8) is 0 Å². The van der Waals surface area contributed by atoms with Crippen molar-refractivity contribution in [2.24, 2.45) is 0 Å². The van der Waals surface area contributed by atoms with Crippen molar-refractivity contribution in [1.82, 2.24) is 0 Å². The third kappa shape index (κ3) is 4.16. The van der Waals surface area contributed by atoms with Gasteiger partial charge in [0.1, 0.15) is 0 Å². The minimum atomic E-state index is -3.09. The maximum atomic E-state index is 12.2. The van der Waals surface area contributed by atoms with Crippen LogP contribution < -0.4 is 5.30 Å². The second-order valence-electron chi connectivity index (χ2n) is 2.59. The summed E-state index contributed by atoms with van der Waals surface area (Å²) < 4.78 is 22.5. The Morgan fingerprint density at radius 2 is 1.67 bits per heavy atom. The summed E-state index contributed by atoms with van der Waals surface area (Å²) in [5, 5.41) is 0.583. The van der Waals surface area contributed by atoms with Crippen molar-refractivity contribution >= 4 is 12.9 Å². The van der Waals surface area contributed by atoms with Crippen molar-refractivity contribution < 1.29 is 33.1 Å². The van der Waals surface area contributed by atoms with Crippen LogP contribution in [0.5, 0.6) is 0 Å². The largest absolute Gasteiger partial charge is 0.337 e. The van der Waals surface area contributed by atoms with E-state index in [-0.39, 0.29) is 19.5 Å². The van der Waals surface area contributed by atoms with Gasteiger partial charge in [-0.25, -0.2) is 0 Å². The Labute approximate surface area is 103 Å². The maximum absolute atomic E-state index is 12.2. The molecule has 0 N–H and O–H groups in total. The molecule has 80 valence electrons. The van der Waals surface area contributed by atoms with Crippen molar-refractivity contribution in [3.8, 4) is 0 Å². The smallest absolute Gasteiger partial charge is 0.307 e. The van der Waals surface area contributed by atoms with Crippen molar-refractivity contribution in [1.29, 1.82) is 0 Å². The Morgan fingerprint density at radius 1 is 1.20 bits per heavy atom. The van der Waals surface area contributed by atoms with Crippen LogP contribution in [0.3, 0.4) is 0 Å². The van der Waals surface area contributed by atoms with Crippen molar-refractivity contribution in [2.45, 2.75) is 13.8 Å². The summed E-state index contributed by atoms with van der Waals surface area (Å²) in [5.74, 6) is 0. The standard InChI is InChI=1S/C10H14O3P.Zn/c1-3-12-14(11,13-4-2)10-8-6-5-7-9-10;/h6-9H,3-4H2,1-2H3;/q-1;. The molecule has 1 aromatic carbocycles. The molecule has 15 heavy (non-hydrogen) atoms. The molecule has 0 fully saturated rings. The van der Waals surface area contributed by atoms with Gasteiger partial charge in [-0.05, 0) is 19.2 Å². The van der Waals surface area contributed by atoms with Crippen LogP contribution in [0, 0.1) is 6.07 Å². The number of hydrogen-bond acceptors (Lipinski definition) is 3. The van der Waals surface area contributed by atoms with Crippen LogP contribution >= 0.6 is 7.60 Å². The van der Waals surface area contributed by atoms with Crippen molar-refractivity contribution in [3.05, 3.63) is 30.3 Å². The minimum absolute atomic E-state index is 0. The Bertz CT molecular complexity index is 306. The first-order valence-corrected chi connectivity index (χ1v) is 6.13. The summed E-state index contributed by atoms with van der Waals surface area (Å²) in [5.41, 5.74) is 0. The normalized spacial score (nSPS) is 10.8. The average Bonchev–Trinajstić information content (AvgIpc) is 2.20. The summed E-state index contributed by atoms with van der Waals surface area (Å²) in [4.78, 5) is 0. The van der Waals surface area contributed by atoms with Crippen LogP contribution in [0.15, 0.2) is 24.3 Å². The van der Waals surface area contributed by atoms with Gasteiger partial charge in [-0.1, -0.05) is 0 Å². The summed E-state index contributed by atoms with van der Waals surface area (Å²) in [6, 6.07) is 9.65. The van der Waals surface area contributed by atoms with E-state index >= 15 is 0 Å². The minimum Gasteiger partial charge on any atom is -0.307 e. The van der Waals surface area contributed by atoms with Gasteiger partial charge in [-0.3, -0.25) is 4.57 Å². The zero-order valence-corrected chi connectivity index (χ0v) is 13.0. The fourth-order valence-electron chi connectivity index (χ4n) is 1.09. The predicted octanol–water partition coefficient (Wildman–Crippen LogP) is 2.38. The topological polar surface area (TPSA) is 35.5 Å². The van der Waals surface area contributed by atoms with Crippen LogP contribution in [0.25, 0.3) is 0 Å². The Hall–Kier alpha value is -0.00662. The van der Waals surface area contributed by atoms with Crippen LogP contribution in [-0.4, -0.2) is 13.2 Å². The van der Waals surface area contributed by atoms with E-state index in [1.54, 1.807) is 38.1 Å². The molecule has 0 aromatic heterocycles. The second kappa shape index (κ2) is 7.30. The molecule has 0 radical (unpaired) electrons. The van der Waals surface area contributed by atoms with Gasteiger partial charge in [0.15, 0.2) is 0 Å². The molecule has 0 unspecified atom stereocenters. The molecule has 0 aliphatic heterocycles. The summed E-state index contributed by atoms with van der Waals surface area (Å²) in [6.07, 6.45) is 0. The third-order valence-corrected chi connectivity index (χ3v) is 3.74. The molecule has 0 atom stereocenters. The van der Waals surface area contributed by atoms with E-state index in [4.69, 9.17) is 9.05 Å². The van der Waals surface area contributed by atoms with Crippen LogP contribution in [-0.2, 0) is 33.1 Å². The van der Waals surface area contributed by atoms with Crippen LogP contribution in [0.1, 0.15) is 13.8 Å². The molecule has 0 saturated heterocycles. The molecule has 1 aromatic rings. The monoisotopic (exact) mass is 277 g/mol. The summed E-state index contributed by atoms with van der Waals surface area (Å²) in [7, 11) is -3.09. The van der Waals surface area contributed by atoms with E-state index in [9.17, 15) is 4.57 Å². The molecule has 1 rings (SSSR count). The van der Waals surface area contributed by atoms with Gasteiger partial charge in [0, 0.05) is 19.5 Å². The predicted molar refractivity (Wildman–Crippen MR) is 55.8 cm³/mol. The van der Waals surface area contributed by atoms with Gasteiger partial charge >= 0.3 is 7.60 Å². The van der Waals surface area contributed by atoms with E-state index < -0.39 is 7.60 Å². The zero-order chi connectivity index (χ0) is 10.4. The van der Waals surface area contributed by atoms with E-state index in [1.807, 2.05) is 0 Å². The number of hydrogen-bond donors (Lipinski definition) is 0. The summed E-state index contributed by atoms with van der Waals surface area (Å²) >= 11 is 0. The zero-order valence-electron chi connectivity index (χ0n) is 9.10. The molecular weight excluding hydrogens is 264 g/mol. The molecule has 0 amide bonds. The van der Waals surface area contributed by atoms with Crippen molar-refractivity contribution in [2.75, 3.05) is 13.2 Å². The van der Waals surface area contributed by atoms with Gasteiger partial charge in [-0.2, -0.15) is 30.3 Å². The molecule has 0 bridgehead atoms. The maximum Gasteiger partial charge on any atom is 0.337 e. The molecule has 0 aliphatic carbocycles. The van der Waals surface area contributed by atoms with Gasteiger partial charge in [0.25, 0.3) is 0 Å². The van der Waals surface area contributed by atoms with Gasteiger partial charge in [-0.15, -0.1) is 0 Å². The van der Waals surface area contributed by atoms with Gasteiger partial charge in [0.2, 0.25) is 0 Å². The second-order valence-corrected chi connectivity index (χ2v) is 4.62. The molecule has 5 heteroatoms. The quantitative estimate of drug-likeness (QED) is 0.471. The first-order valence-electron chi connectivity index (χ1n) is 4.58. The molecular formula is C10H14O3PZn-. The van der Waals surface area contributed by atoms with Gasteiger partial charge in [0.05, 0.1) is 13.2 Å². The Balaban J connectivity index is 0.00000196. The van der Waals surface area contributed by atoms with Crippen LogP contribution in [0.2, 0.25) is 0 Å². The third-order valence-electron chi connectivity index (χ3n) is 1.61.